The fourth-order valence-corrected chi connectivity index (χ4v) is 0. The molecule has 0 atom stereocenters. The van der Waals surface area contributed by atoms with Gasteiger partial charge in [-0.15, -0.1) is 0 Å². The largest absolute Gasteiger partial charge is 0.300 e. The van der Waals surface area contributed by atoms with Gasteiger partial charge in [0.25, 0.3) is 0 Å². The van der Waals surface area contributed by atoms with Crippen molar-refractivity contribution < 1.29 is 61.3 Å². The van der Waals surface area contributed by atoms with Gasteiger partial charge in [0.1, 0.15) is 17.3 Å². The summed E-state index contributed by atoms with van der Waals surface area (Å²) in [7, 11) is 0. The van der Waals surface area contributed by atoms with Crippen molar-refractivity contribution >= 4 is 17.3 Å². The molecule has 0 aliphatic rings. The summed E-state index contributed by atoms with van der Waals surface area (Å²) >= 11 is 0. The number of Topliss-reactive ketones (excluding diaryl/α,β-unsaturated/α-hetero) is 3. The van der Waals surface area contributed by atoms with E-state index >= 15 is 0 Å². The van der Waals surface area contributed by atoms with E-state index in [1.54, 1.807) is 0 Å². The van der Waals surface area contributed by atoms with E-state index in [1.165, 1.54) is 41.5 Å². The number of carbonyl (C=O) groups excluding carboxylic acids is 3. The van der Waals surface area contributed by atoms with Gasteiger partial charge in [-0.1, -0.05) is 0 Å². The van der Waals surface area contributed by atoms with Crippen LogP contribution in [0.1, 0.15) is 41.5 Å². The first kappa shape index (κ1) is 23.4. The summed E-state index contributed by atoms with van der Waals surface area (Å²) in [6, 6.07) is 0. The first-order valence-electron chi connectivity index (χ1n) is 3.61. The Kier molecular flexibility index (Phi) is 33.0. The zero-order chi connectivity index (χ0) is 10.7. The Morgan fingerprint density at radius 2 is 0.538 bits per heavy atom. The Labute approximate surface area is 119 Å². The fraction of sp³-hybridized carbons (Fsp3) is 0.667. The second-order valence-electron chi connectivity index (χ2n) is 2.72. The van der Waals surface area contributed by atoms with Gasteiger partial charge in [-0.05, 0) is 41.5 Å². The SMILES string of the molecule is CC(C)=O.CC(C)=O.CC(C)=O.[Yb]. The quantitative estimate of drug-likeness (QED) is 0.671. The minimum atomic E-state index is 0. The third-order valence-electron chi connectivity index (χ3n) is 0. The van der Waals surface area contributed by atoms with Crippen molar-refractivity contribution in [2.45, 2.75) is 41.5 Å². The maximum absolute atomic E-state index is 9.44. The van der Waals surface area contributed by atoms with Crippen LogP contribution in [-0.2, 0) is 14.4 Å². The normalized spacial score (nSPS) is 6.00. The molecule has 0 amide bonds. The van der Waals surface area contributed by atoms with Crippen molar-refractivity contribution in [2.24, 2.45) is 0 Å². The van der Waals surface area contributed by atoms with Gasteiger partial charge < -0.3 is 14.4 Å². The minimum Gasteiger partial charge on any atom is -0.300 e. The van der Waals surface area contributed by atoms with Crippen LogP contribution in [0.15, 0.2) is 0 Å². The smallest absolute Gasteiger partial charge is 0.126 e. The Bertz CT molecular complexity index is 112. The average molecular weight is 347 g/mol. The summed E-state index contributed by atoms with van der Waals surface area (Å²) in [5, 5.41) is 0. The van der Waals surface area contributed by atoms with Crippen LogP contribution < -0.4 is 0 Å². The summed E-state index contributed by atoms with van der Waals surface area (Å²) in [6.45, 7) is 9.17. The Morgan fingerprint density at radius 3 is 0.538 bits per heavy atom. The van der Waals surface area contributed by atoms with Crippen LogP contribution >= 0.6 is 0 Å². The number of carbonyl (C=O) groups is 3. The molecule has 13 heavy (non-hydrogen) atoms. The van der Waals surface area contributed by atoms with E-state index < -0.39 is 0 Å². The molecule has 0 radical (unpaired) electrons. The minimum absolute atomic E-state index is 0. The van der Waals surface area contributed by atoms with Crippen LogP contribution in [0.2, 0.25) is 0 Å². The van der Waals surface area contributed by atoms with Gasteiger partial charge in [-0.3, -0.25) is 0 Å². The molecule has 0 heterocycles. The predicted molar refractivity (Wildman–Crippen MR) is 49.1 cm³/mol. The first-order valence-corrected chi connectivity index (χ1v) is 3.61. The second kappa shape index (κ2) is 18.3. The molecule has 0 aromatic carbocycles. The van der Waals surface area contributed by atoms with Crippen molar-refractivity contribution in [2.75, 3.05) is 0 Å². The van der Waals surface area contributed by atoms with Crippen LogP contribution in [0, 0.1) is 46.9 Å². The summed E-state index contributed by atoms with van der Waals surface area (Å²) in [5.41, 5.74) is 0. The Hall–Kier alpha value is 0.529. The summed E-state index contributed by atoms with van der Waals surface area (Å²) < 4.78 is 0. The number of hydrogen-bond donors (Lipinski definition) is 0. The molecule has 4 heteroatoms. The molecule has 0 rings (SSSR count). The summed E-state index contributed by atoms with van der Waals surface area (Å²) in [6.07, 6.45) is 0. The number of rotatable bonds is 0. The molecule has 0 fully saturated rings. The van der Waals surface area contributed by atoms with Gasteiger partial charge in [0, 0.05) is 46.9 Å². The topological polar surface area (TPSA) is 51.2 Å². The predicted octanol–water partition coefficient (Wildman–Crippen LogP) is 1.79. The van der Waals surface area contributed by atoms with Gasteiger partial charge in [0.15, 0.2) is 0 Å². The van der Waals surface area contributed by atoms with Crippen molar-refractivity contribution in [3.05, 3.63) is 0 Å². The van der Waals surface area contributed by atoms with E-state index in [9.17, 15) is 14.4 Å². The van der Waals surface area contributed by atoms with Crippen LogP contribution in [0.4, 0.5) is 0 Å². The summed E-state index contributed by atoms with van der Waals surface area (Å²) in [4.78, 5) is 28.3. The van der Waals surface area contributed by atoms with Gasteiger partial charge >= 0.3 is 0 Å². The standard InChI is InChI=1S/3C3H6O.Yb/c3*1-3(2)4;/h3*1-2H3;. The van der Waals surface area contributed by atoms with E-state index in [0.29, 0.717) is 0 Å². The molecular formula is C9H18O3Yb. The zero-order valence-corrected chi connectivity index (χ0v) is 10.7. The molecule has 0 saturated heterocycles. The summed E-state index contributed by atoms with van der Waals surface area (Å²) in [5.74, 6) is 0.500. The number of hydrogen-bond acceptors (Lipinski definition) is 3. The molecule has 0 unspecified atom stereocenters. The van der Waals surface area contributed by atoms with E-state index in [4.69, 9.17) is 0 Å². The number of ketones is 3. The van der Waals surface area contributed by atoms with Crippen LogP contribution in [0.25, 0.3) is 0 Å². The fourth-order valence-electron chi connectivity index (χ4n) is 0. The molecule has 3 nitrogen and oxygen atoms in total. The van der Waals surface area contributed by atoms with E-state index in [2.05, 4.69) is 0 Å². The molecule has 0 aromatic rings. The third-order valence-corrected chi connectivity index (χ3v) is 0. The molecule has 0 spiro atoms. The van der Waals surface area contributed by atoms with Gasteiger partial charge in [0.2, 0.25) is 0 Å². The maximum atomic E-state index is 9.44. The van der Waals surface area contributed by atoms with Gasteiger partial charge in [0.05, 0.1) is 0 Å². The molecular weight excluding hydrogens is 329 g/mol. The molecule has 0 aliphatic heterocycles. The third kappa shape index (κ3) is 4960. The molecule has 0 aromatic heterocycles. The second-order valence-corrected chi connectivity index (χ2v) is 2.72. The van der Waals surface area contributed by atoms with Crippen LogP contribution in [0.3, 0.4) is 0 Å². The molecule has 0 N–H and O–H groups in total. The molecule has 0 bridgehead atoms. The van der Waals surface area contributed by atoms with Crippen molar-refractivity contribution in [3.8, 4) is 0 Å². The van der Waals surface area contributed by atoms with Crippen molar-refractivity contribution in [1.82, 2.24) is 0 Å². The maximum Gasteiger partial charge on any atom is 0.126 e. The van der Waals surface area contributed by atoms with Crippen LogP contribution in [-0.4, -0.2) is 17.3 Å². The molecule has 0 saturated carbocycles. The van der Waals surface area contributed by atoms with Crippen LogP contribution in [0.5, 0.6) is 0 Å². The first-order chi connectivity index (χ1) is 5.20. The average Bonchev–Trinajstić information content (AvgIpc) is 1.54. The Balaban J connectivity index is -0.0000000450. The van der Waals surface area contributed by atoms with Crippen molar-refractivity contribution in [1.29, 1.82) is 0 Å². The molecule has 0 aliphatic carbocycles. The van der Waals surface area contributed by atoms with E-state index in [-0.39, 0.29) is 64.3 Å². The van der Waals surface area contributed by atoms with Gasteiger partial charge in [-0.2, -0.15) is 0 Å². The Morgan fingerprint density at radius 1 is 0.538 bits per heavy atom. The van der Waals surface area contributed by atoms with E-state index in [0.717, 1.165) is 0 Å². The zero-order valence-electron chi connectivity index (χ0n) is 8.99. The van der Waals surface area contributed by atoms with Crippen molar-refractivity contribution in [3.63, 3.8) is 0 Å². The monoisotopic (exact) mass is 348 g/mol. The van der Waals surface area contributed by atoms with E-state index in [1.807, 2.05) is 0 Å². The van der Waals surface area contributed by atoms with Gasteiger partial charge in [-0.25, -0.2) is 0 Å². The molecule has 86 valence electrons.